The normalized spacial score (nSPS) is 18.9. The first-order chi connectivity index (χ1) is 11.6. The first-order valence-electron chi connectivity index (χ1n) is 8.41. The third-order valence-electron chi connectivity index (χ3n) is 4.53. The van der Waals surface area contributed by atoms with Crippen LogP contribution in [0.5, 0.6) is 5.75 Å². The van der Waals surface area contributed by atoms with Gasteiger partial charge in [0.05, 0.1) is 12.5 Å². The number of benzene rings is 1. The van der Waals surface area contributed by atoms with E-state index in [0.29, 0.717) is 19.3 Å². The summed E-state index contributed by atoms with van der Waals surface area (Å²) in [6, 6.07) is 5.88. The van der Waals surface area contributed by atoms with E-state index in [-0.39, 0.29) is 18.9 Å². The van der Waals surface area contributed by atoms with E-state index in [1.165, 1.54) is 0 Å². The first kappa shape index (κ1) is 19.6. The number of hydrogen-bond donors (Lipinski definition) is 1. The molecule has 1 saturated heterocycles. The highest BCUT2D eigenvalue weighted by molar-refractivity contribution is 5.83. The lowest BCUT2D eigenvalue weighted by molar-refractivity contribution is -0.190. The van der Waals surface area contributed by atoms with E-state index < -0.39 is 17.6 Å². The zero-order valence-corrected chi connectivity index (χ0v) is 14.8. The summed E-state index contributed by atoms with van der Waals surface area (Å²) in [4.78, 5) is 11.8. The maximum atomic E-state index is 13.4. The second kappa shape index (κ2) is 7.64. The van der Waals surface area contributed by atoms with Crippen molar-refractivity contribution in [2.24, 2.45) is 5.41 Å². The summed E-state index contributed by atoms with van der Waals surface area (Å²) in [6.45, 7) is 3.37. The number of aryl methyl sites for hydroxylation is 1. The van der Waals surface area contributed by atoms with Crippen LogP contribution >= 0.6 is 0 Å². The van der Waals surface area contributed by atoms with Gasteiger partial charge in [0.25, 0.3) is 0 Å². The maximum Gasteiger partial charge on any atom is 0.405 e. The molecule has 1 N–H and O–H groups in total. The van der Waals surface area contributed by atoms with E-state index in [0.717, 1.165) is 16.3 Å². The maximum absolute atomic E-state index is 13.4. The van der Waals surface area contributed by atoms with Crippen LogP contribution in [0, 0.1) is 5.41 Å². The largest absolute Gasteiger partial charge is 0.497 e. The van der Waals surface area contributed by atoms with Crippen LogP contribution in [0.2, 0.25) is 0 Å². The smallest absolute Gasteiger partial charge is 0.405 e. The second-order valence-corrected chi connectivity index (χ2v) is 7.10. The van der Waals surface area contributed by atoms with Gasteiger partial charge in [-0.1, -0.05) is 18.6 Å². The number of hydrogen-bond acceptors (Lipinski definition) is 3. The van der Waals surface area contributed by atoms with E-state index in [1.807, 2.05) is 24.3 Å². The number of amides is 1. The highest BCUT2D eigenvalue weighted by atomic mass is 19.4. The van der Waals surface area contributed by atoms with Crippen molar-refractivity contribution in [3.63, 3.8) is 0 Å². The highest BCUT2D eigenvalue weighted by Gasteiger charge is 2.49. The summed E-state index contributed by atoms with van der Waals surface area (Å²) in [5.74, 6) is 0.397. The molecule has 0 bridgehead atoms. The summed E-state index contributed by atoms with van der Waals surface area (Å²) in [5.41, 5.74) is 2.65. The Balaban J connectivity index is 1.87. The van der Waals surface area contributed by atoms with Crippen molar-refractivity contribution >= 4 is 5.91 Å². The van der Waals surface area contributed by atoms with Crippen molar-refractivity contribution in [3.8, 4) is 5.75 Å². The lowest BCUT2D eigenvalue weighted by Crippen LogP contribution is -2.49. The molecule has 1 aromatic carbocycles. The van der Waals surface area contributed by atoms with Crippen molar-refractivity contribution in [3.05, 3.63) is 29.8 Å². The topological polar surface area (TPSA) is 41.6 Å². The molecule has 140 valence electrons. The summed E-state index contributed by atoms with van der Waals surface area (Å²) < 4.78 is 45.2. The van der Waals surface area contributed by atoms with Crippen LogP contribution in [-0.4, -0.2) is 36.8 Å². The number of hydrazine groups is 1. The zero-order chi connectivity index (χ0) is 18.7. The SMILES string of the molecule is COc1ccc(CCCC[C@H](N2CC(C)(C)C(=O)N2)C(F)(F)F)cc1. The predicted octanol–water partition coefficient (Wildman–Crippen LogP) is 3.71. The van der Waals surface area contributed by atoms with Crippen molar-refractivity contribution in [2.75, 3.05) is 13.7 Å². The van der Waals surface area contributed by atoms with Crippen LogP contribution in [0.1, 0.15) is 38.7 Å². The minimum Gasteiger partial charge on any atom is -0.497 e. The number of alkyl halides is 3. The molecule has 1 amide bonds. The molecule has 1 aliphatic rings. The Morgan fingerprint density at radius 2 is 1.88 bits per heavy atom. The molecular weight excluding hydrogens is 333 g/mol. The Bertz CT molecular complexity index is 585. The number of rotatable bonds is 7. The Morgan fingerprint density at radius 1 is 1.24 bits per heavy atom. The van der Waals surface area contributed by atoms with E-state index in [4.69, 9.17) is 4.74 Å². The predicted molar refractivity (Wildman–Crippen MR) is 89.0 cm³/mol. The molecule has 0 aromatic heterocycles. The third-order valence-corrected chi connectivity index (χ3v) is 4.53. The number of nitrogens with one attached hydrogen (secondary N) is 1. The number of halogens is 3. The fourth-order valence-corrected chi connectivity index (χ4v) is 2.96. The molecule has 2 rings (SSSR count). The first-order valence-corrected chi connectivity index (χ1v) is 8.41. The fourth-order valence-electron chi connectivity index (χ4n) is 2.96. The van der Waals surface area contributed by atoms with Crippen LogP contribution in [0.4, 0.5) is 13.2 Å². The quantitative estimate of drug-likeness (QED) is 0.756. The molecule has 1 heterocycles. The van der Waals surface area contributed by atoms with Gasteiger partial charge >= 0.3 is 6.18 Å². The number of carbonyl (C=O) groups excluding carboxylic acids is 1. The molecule has 25 heavy (non-hydrogen) atoms. The minimum absolute atomic E-state index is 0.0317. The zero-order valence-electron chi connectivity index (χ0n) is 14.8. The van der Waals surface area contributed by atoms with E-state index in [9.17, 15) is 18.0 Å². The van der Waals surface area contributed by atoms with Gasteiger partial charge in [0.15, 0.2) is 0 Å². The van der Waals surface area contributed by atoms with Crippen molar-refractivity contribution in [1.82, 2.24) is 10.4 Å². The van der Waals surface area contributed by atoms with Crippen LogP contribution in [0.3, 0.4) is 0 Å². The van der Waals surface area contributed by atoms with E-state index in [2.05, 4.69) is 5.43 Å². The van der Waals surface area contributed by atoms with Gasteiger partial charge in [0.1, 0.15) is 11.8 Å². The lowest BCUT2D eigenvalue weighted by Gasteiger charge is -2.29. The minimum atomic E-state index is -4.37. The van der Waals surface area contributed by atoms with Crippen molar-refractivity contribution in [2.45, 2.75) is 51.7 Å². The summed E-state index contributed by atoms with van der Waals surface area (Å²) in [7, 11) is 1.59. The Morgan fingerprint density at radius 3 is 2.36 bits per heavy atom. The average Bonchev–Trinajstić information content (AvgIpc) is 2.79. The highest BCUT2D eigenvalue weighted by Crippen LogP contribution is 2.33. The van der Waals surface area contributed by atoms with Gasteiger partial charge in [-0.25, -0.2) is 5.01 Å². The number of nitrogens with zero attached hydrogens (tertiary/aromatic N) is 1. The molecule has 0 aliphatic carbocycles. The molecule has 0 spiro atoms. The van der Waals surface area contributed by atoms with Crippen molar-refractivity contribution < 1.29 is 22.7 Å². The van der Waals surface area contributed by atoms with Crippen LogP contribution < -0.4 is 10.2 Å². The number of ether oxygens (including phenoxy) is 1. The number of carbonyl (C=O) groups is 1. The van der Waals surface area contributed by atoms with Gasteiger partial charge in [0, 0.05) is 6.54 Å². The van der Waals surface area contributed by atoms with Gasteiger partial charge in [-0.3, -0.25) is 10.2 Å². The molecule has 0 radical (unpaired) electrons. The Kier molecular flexibility index (Phi) is 5.98. The Labute approximate surface area is 146 Å². The fraction of sp³-hybridized carbons (Fsp3) is 0.611. The molecule has 0 saturated carbocycles. The van der Waals surface area contributed by atoms with Gasteiger partial charge in [-0.05, 0) is 50.8 Å². The molecule has 4 nitrogen and oxygen atoms in total. The van der Waals surface area contributed by atoms with Crippen LogP contribution in [-0.2, 0) is 11.2 Å². The third kappa shape index (κ3) is 5.11. The van der Waals surface area contributed by atoms with Gasteiger partial charge in [-0.2, -0.15) is 13.2 Å². The second-order valence-electron chi connectivity index (χ2n) is 7.10. The summed E-state index contributed by atoms with van der Waals surface area (Å²) >= 11 is 0. The van der Waals surface area contributed by atoms with E-state index in [1.54, 1.807) is 21.0 Å². The molecule has 0 unspecified atom stereocenters. The van der Waals surface area contributed by atoms with E-state index >= 15 is 0 Å². The molecule has 1 aliphatic heterocycles. The standard InChI is InChI=1S/C18H25F3N2O2/c1-17(2)12-23(22-16(17)24)15(18(19,20)21)7-5-4-6-13-8-10-14(25-3)11-9-13/h8-11,15H,4-7,12H2,1-3H3,(H,22,24)/t15-/m0/s1. The Hall–Kier alpha value is -1.76. The van der Waals surface area contributed by atoms with Crippen LogP contribution in [0.15, 0.2) is 24.3 Å². The molecule has 1 aromatic rings. The van der Waals surface area contributed by atoms with Gasteiger partial charge < -0.3 is 4.74 Å². The number of unbranched alkanes of at least 4 members (excludes halogenated alkanes) is 1. The van der Waals surface area contributed by atoms with Gasteiger partial charge in [-0.15, -0.1) is 0 Å². The lowest BCUT2D eigenvalue weighted by atomic mass is 9.94. The summed E-state index contributed by atoms with van der Waals surface area (Å²) in [6.07, 6.45) is -2.59. The van der Waals surface area contributed by atoms with Gasteiger partial charge in [0.2, 0.25) is 5.91 Å². The summed E-state index contributed by atoms with van der Waals surface area (Å²) in [5, 5.41) is 1.05. The molecule has 1 atom stereocenters. The van der Waals surface area contributed by atoms with Crippen molar-refractivity contribution in [1.29, 1.82) is 0 Å². The van der Waals surface area contributed by atoms with Crippen LogP contribution in [0.25, 0.3) is 0 Å². The number of methoxy groups -OCH3 is 1. The average molecular weight is 358 g/mol. The molecule has 7 heteroatoms. The monoisotopic (exact) mass is 358 g/mol. The molecular formula is C18H25F3N2O2. The molecule has 1 fully saturated rings.